The molecule has 0 radical (unpaired) electrons. The van der Waals surface area contributed by atoms with Crippen molar-refractivity contribution < 1.29 is 0 Å². The van der Waals surface area contributed by atoms with Gasteiger partial charge in [-0.15, -0.1) is 10.2 Å². The number of para-hydroxylation sites is 1. The normalized spacial score (nSPS) is 10.8. The van der Waals surface area contributed by atoms with E-state index in [2.05, 4.69) is 26.7 Å². The highest BCUT2D eigenvalue weighted by Gasteiger charge is 2.15. The van der Waals surface area contributed by atoms with E-state index >= 15 is 0 Å². The van der Waals surface area contributed by atoms with Crippen LogP contribution in [-0.4, -0.2) is 25.0 Å². The van der Waals surface area contributed by atoms with Crippen LogP contribution in [0.15, 0.2) is 72.9 Å². The zero-order valence-electron chi connectivity index (χ0n) is 17.6. The summed E-state index contributed by atoms with van der Waals surface area (Å²) in [5.41, 5.74) is 5.29. The summed E-state index contributed by atoms with van der Waals surface area (Å²) in [5.74, 6) is 1.62. The van der Waals surface area contributed by atoms with Gasteiger partial charge in [0, 0.05) is 10.9 Å². The fourth-order valence-electron chi connectivity index (χ4n) is 3.56. The van der Waals surface area contributed by atoms with Crippen molar-refractivity contribution in [3.05, 3.63) is 89.6 Å². The lowest BCUT2D eigenvalue weighted by atomic mass is 10.1. The Bertz CT molecular complexity index is 1460. The summed E-state index contributed by atoms with van der Waals surface area (Å²) in [6, 6.07) is 23.9. The molecule has 1 N–H and O–H groups in total. The van der Waals surface area contributed by atoms with E-state index in [0.717, 1.165) is 27.7 Å². The maximum Gasteiger partial charge on any atom is 0.156 e. The fraction of sp³-hybridized carbons (Fsp3) is 0.0800. The summed E-state index contributed by atoms with van der Waals surface area (Å²) in [6.45, 7) is 4.08. The second-order valence-electron chi connectivity index (χ2n) is 7.54. The summed E-state index contributed by atoms with van der Waals surface area (Å²) in [5, 5.41) is 26.9. The molecule has 0 amide bonds. The number of aromatic nitrogens is 5. The largest absolute Gasteiger partial charge is 0.322 e. The van der Waals surface area contributed by atoms with E-state index < -0.39 is 0 Å². The van der Waals surface area contributed by atoms with Crippen LogP contribution in [0.5, 0.6) is 0 Å². The number of hydrogen-bond acceptors (Lipinski definition) is 6. The average Bonchev–Trinajstić information content (AvgIpc) is 3.22. The predicted molar refractivity (Wildman–Crippen MR) is 124 cm³/mol. The van der Waals surface area contributed by atoms with Crippen molar-refractivity contribution in [2.24, 2.45) is 0 Å². The van der Waals surface area contributed by atoms with E-state index in [0.29, 0.717) is 23.0 Å². The zero-order valence-corrected chi connectivity index (χ0v) is 17.6. The van der Waals surface area contributed by atoms with Gasteiger partial charge in [0.25, 0.3) is 0 Å². The average molecular weight is 417 g/mol. The van der Waals surface area contributed by atoms with Crippen LogP contribution in [0, 0.1) is 25.2 Å². The Balaban J connectivity index is 1.50. The number of anilines is 2. The van der Waals surface area contributed by atoms with E-state index in [-0.39, 0.29) is 0 Å². The van der Waals surface area contributed by atoms with Crippen molar-refractivity contribution in [3.8, 4) is 23.1 Å². The van der Waals surface area contributed by atoms with Crippen LogP contribution in [0.2, 0.25) is 0 Å². The van der Waals surface area contributed by atoms with Gasteiger partial charge < -0.3 is 5.32 Å². The molecule has 0 spiro atoms. The predicted octanol–water partition coefficient (Wildman–Crippen LogP) is 5.11. The smallest absolute Gasteiger partial charge is 0.156 e. The van der Waals surface area contributed by atoms with Gasteiger partial charge in [-0.3, -0.25) is 0 Å². The minimum Gasteiger partial charge on any atom is -0.322 e. The topological polar surface area (TPSA) is 92.3 Å². The standard InChI is InChI=1S/C25H19N7/c1-16-7-9-18(10-8-16)21-11-12-23(31-30-21)29-25-19(14-26)15-27-32(25)24-13-17(2)20-5-3-4-6-22(20)28-24/h3-13,15H,1-2H3,(H,29,31). The lowest BCUT2D eigenvalue weighted by Crippen LogP contribution is -2.07. The zero-order chi connectivity index (χ0) is 22.1. The third kappa shape index (κ3) is 3.55. The van der Waals surface area contributed by atoms with Crippen molar-refractivity contribution in [3.63, 3.8) is 0 Å². The van der Waals surface area contributed by atoms with Crippen molar-refractivity contribution >= 4 is 22.5 Å². The van der Waals surface area contributed by atoms with Gasteiger partial charge in [-0.25, -0.2) is 4.98 Å². The Morgan fingerprint density at radius 1 is 0.938 bits per heavy atom. The molecule has 3 heterocycles. The summed E-state index contributed by atoms with van der Waals surface area (Å²) in [7, 11) is 0. The molecule has 0 saturated carbocycles. The van der Waals surface area contributed by atoms with Gasteiger partial charge in [0.05, 0.1) is 17.4 Å². The van der Waals surface area contributed by atoms with E-state index in [4.69, 9.17) is 4.98 Å². The van der Waals surface area contributed by atoms with E-state index in [9.17, 15) is 5.26 Å². The maximum atomic E-state index is 9.60. The number of pyridine rings is 1. The maximum absolute atomic E-state index is 9.60. The van der Waals surface area contributed by atoms with Gasteiger partial charge in [-0.2, -0.15) is 15.0 Å². The molecular weight excluding hydrogens is 398 g/mol. The third-order valence-electron chi connectivity index (χ3n) is 5.27. The molecule has 2 aromatic carbocycles. The molecule has 3 aromatic heterocycles. The molecule has 0 bridgehead atoms. The highest BCUT2D eigenvalue weighted by Crippen LogP contribution is 2.26. The monoisotopic (exact) mass is 417 g/mol. The Hall–Kier alpha value is -4.57. The highest BCUT2D eigenvalue weighted by atomic mass is 15.4. The van der Waals surface area contributed by atoms with Gasteiger partial charge in [-0.05, 0) is 43.7 Å². The second-order valence-corrected chi connectivity index (χ2v) is 7.54. The summed E-state index contributed by atoms with van der Waals surface area (Å²) >= 11 is 0. The van der Waals surface area contributed by atoms with Crippen LogP contribution < -0.4 is 5.32 Å². The second kappa shape index (κ2) is 7.93. The third-order valence-corrected chi connectivity index (χ3v) is 5.27. The number of nitrogens with one attached hydrogen (secondary N) is 1. The SMILES string of the molecule is Cc1ccc(-c2ccc(Nc3c(C#N)cnn3-c3cc(C)c4ccccc4n3)nn2)cc1. The Labute approximate surface area is 185 Å². The molecule has 7 nitrogen and oxygen atoms in total. The number of benzene rings is 2. The fourth-order valence-corrected chi connectivity index (χ4v) is 3.56. The Kier molecular flexibility index (Phi) is 4.81. The van der Waals surface area contributed by atoms with Gasteiger partial charge in [0.1, 0.15) is 11.6 Å². The molecule has 7 heteroatoms. The molecule has 0 aliphatic carbocycles. The molecule has 0 fully saturated rings. The van der Waals surface area contributed by atoms with Crippen molar-refractivity contribution in [2.45, 2.75) is 13.8 Å². The summed E-state index contributed by atoms with van der Waals surface area (Å²) in [6.07, 6.45) is 1.52. The van der Waals surface area contributed by atoms with Crippen LogP contribution in [0.3, 0.4) is 0 Å². The summed E-state index contributed by atoms with van der Waals surface area (Å²) < 4.78 is 1.62. The Morgan fingerprint density at radius 2 is 1.75 bits per heavy atom. The minimum atomic E-state index is 0.391. The number of aryl methyl sites for hydroxylation is 2. The first-order valence-electron chi connectivity index (χ1n) is 10.1. The van der Waals surface area contributed by atoms with Gasteiger partial charge in [-0.1, -0.05) is 48.0 Å². The van der Waals surface area contributed by atoms with E-state index in [1.54, 1.807) is 4.68 Å². The molecule has 0 unspecified atom stereocenters. The van der Waals surface area contributed by atoms with E-state index in [1.165, 1.54) is 11.8 Å². The van der Waals surface area contributed by atoms with Crippen molar-refractivity contribution in [1.82, 2.24) is 25.0 Å². The van der Waals surface area contributed by atoms with Gasteiger partial charge >= 0.3 is 0 Å². The van der Waals surface area contributed by atoms with Crippen molar-refractivity contribution in [1.29, 1.82) is 5.26 Å². The molecule has 5 aromatic rings. The van der Waals surface area contributed by atoms with Crippen LogP contribution in [-0.2, 0) is 0 Å². The molecule has 0 atom stereocenters. The molecule has 0 saturated heterocycles. The highest BCUT2D eigenvalue weighted by molar-refractivity contribution is 5.83. The number of fused-ring (bicyclic) bond motifs is 1. The van der Waals surface area contributed by atoms with Crippen LogP contribution in [0.1, 0.15) is 16.7 Å². The van der Waals surface area contributed by atoms with Crippen LogP contribution in [0.25, 0.3) is 28.0 Å². The van der Waals surface area contributed by atoms with Gasteiger partial charge in [0.15, 0.2) is 17.5 Å². The van der Waals surface area contributed by atoms with Crippen LogP contribution >= 0.6 is 0 Å². The number of hydrogen-bond donors (Lipinski definition) is 1. The van der Waals surface area contributed by atoms with E-state index in [1.807, 2.05) is 80.6 Å². The molecule has 154 valence electrons. The van der Waals surface area contributed by atoms with Crippen molar-refractivity contribution in [2.75, 3.05) is 5.32 Å². The number of nitrogens with zero attached hydrogens (tertiary/aromatic N) is 6. The number of rotatable bonds is 4. The number of nitriles is 1. The lowest BCUT2D eigenvalue weighted by molar-refractivity contribution is 0.856. The molecule has 32 heavy (non-hydrogen) atoms. The van der Waals surface area contributed by atoms with Gasteiger partial charge in [0.2, 0.25) is 0 Å². The Morgan fingerprint density at radius 3 is 2.50 bits per heavy atom. The quantitative estimate of drug-likeness (QED) is 0.437. The molecule has 0 aliphatic heterocycles. The molecule has 0 aliphatic rings. The summed E-state index contributed by atoms with van der Waals surface area (Å²) in [4.78, 5) is 4.73. The first-order valence-corrected chi connectivity index (χ1v) is 10.1. The first-order chi connectivity index (χ1) is 15.6. The van der Waals surface area contributed by atoms with Crippen LogP contribution in [0.4, 0.5) is 11.6 Å². The lowest BCUT2D eigenvalue weighted by Gasteiger charge is -2.11. The molecule has 5 rings (SSSR count). The first kappa shape index (κ1) is 19.4. The molecular formula is C25H19N7. The minimum absolute atomic E-state index is 0.391.